The molecule has 0 unspecified atom stereocenters. The van der Waals surface area contributed by atoms with Gasteiger partial charge in [-0.3, -0.25) is 14.9 Å². The van der Waals surface area contributed by atoms with Gasteiger partial charge in [-0.15, -0.1) is 0 Å². The van der Waals surface area contributed by atoms with Gasteiger partial charge in [-0.25, -0.2) is 0 Å². The van der Waals surface area contributed by atoms with Crippen molar-refractivity contribution < 1.29 is 22.9 Å². The van der Waals surface area contributed by atoms with Crippen LogP contribution in [0.1, 0.15) is 22.8 Å². The van der Waals surface area contributed by atoms with Crippen LogP contribution in [-0.4, -0.2) is 10.7 Å². The Kier molecular flexibility index (Phi) is 3.74. The van der Waals surface area contributed by atoms with E-state index in [1.807, 2.05) is 0 Å². The van der Waals surface area contributed by atoms with Crippen LogP contribution in [0.5, 0.6) is 0 Å². The van der Waals surface area contributed by atoms with Crippen LogP contribution in [0.3, 0.4) is 0 Å². The zero-order valence-electron chi connectivity index (χ0n) is 8.34. The third-order valence-electron chi connectivity index (χ3n) is 1.97. The van der Waals surface area contributed by atoms with Crippen LogP contribution in [-0.2, 0) is 6.18 Å². The molecule has 0 saturated carbocycles. The van der Waals surface area contributed by atoms with Gasteiger partial charge in [0.05, 0.1) is 4.92 Å². The second-order valence-corrected chi connectivity index (χ2v) is 4.29. The number of carbonyl (C=O) groups excluding carboxylic acids is 1. The maximum absolute atomic E-state index is 12.6. The Morgan fingerprint density at radius 3 is 2.29 bits per heavy atom. The van der Waals surface area contributed by atoms with Gasteiger partial charge in [0, 0.05) is 3.57 Å². The molecule has 1 aromatic rings. The summed E-state index contributed by atoms with van der Waals surface area (Å²) in [5, 5.41) is 10.7. The fourth-order valence-electron chi connectivity index (χ4n) is 1.32. The van der Waals surface area contributed by atoms with Gasteiger partial charge >= 0.3 is 6.18 Å². The van der Waals surface area contributed by atoms with Crippen LogP contribution in [0.25, 0.3) is 0 Å². The SMILES string of the molecule is CC(=O)c1c(I)ccc(C(F)(F)F)c1[N+](=O)[O-]. The number of nitro benzene ring substituents is 1. The molecule has 1 aromatic carbocycles. The predicted octanol–water partition coefficient (Wildman–Crippen LogP) is 3.42. The largest absolute Gasteiger partial charge is 0.423 e. The smallest absolute Gasteiger partial charge is 0.294 e. The van der Waals surface area contributed by atoms with Crippen LogP contribution in [0, 0.1) is 13.7 Å². The number of hydrogen-bond donors (Lipinski definition) is 0. The summed E-state index contributed by atoms with van der Waals surface area (Å²) in [6.07, 6.45) is -4.86. The molecule has 0 bridgehead atoms. The van der Waals surface area contributed by atoms with Crippen molar-refractivity contribution in [3.05, 3.63) is 36.9 Å². The Hall–Kier alpha value is -1.19. The minimum Gasteiger partial charge on any atom is -0.294 e. The van der Waals surface area contributed by atoms with E-state index in [0.717, 1.165) is 13.0 Å². The van der Waals surface area contributed by atoms with E-state index in [1.54, 1.807) is 22.6 Å². The molecular formula is C9H5F3INO3. The van der Waals surface area contributed by atoms with Crippen molar-refractivity contribution in [1.29, 1.82) is 0 Å². The molecular weight excluding hydrogens is 354 g/mol. The first-order chi connectivity index (χ1) is 7.66. The van der Waals surface area contributed by atoms with Gasteiger partial charge in [0.25, 0.3) is 5.69 Å². The van der Waals surface area contributed by atoms with Crippen LogP contribution in [0.2, 0.25) is 0 Å². The number of hydrogen-bond acceptors (Lipinski definition) is 3. The van der Waals surface area contributed by atoms with Crippen LogP contribution in [0.15, 0.2) is 12.1 Å². The third-order valence-corrected chi connectivity index (χ3v) is 2.87. The summed E-state index contributed by atoms with van der Waals surface area (Å²) in [4.78, 5) is 20.7. The fraction of sp³-hybridized carbons (Fsp3) is 0.222. The van der Waals surface area contributed by atoms with E-state index in [0.29, 0.717) is 6.07 Å². The van der Waals surface area contributed by atoms with E-state index >= 15 is 0 Å². The fourth-order valence-corrected chi connectivity index (χ4v) is 2.13. The average molecular weight is 359 g/mol. The Labute approximate surface area is 107 Å². The van der Waals surface area contributed by atoms with Gasteiger partial charge in [0.2, 0.25) is 0 Å². The van der Waals surface area contributed by atoms with E-state index < -0.39 is 33.7 Å². The first-order valence-corrected chi connectivity index (χ1v) is 5.29. The van der Waals surface area contributed by atoms with E-state index in [-0.39, 0.29) is 3.57 Å². The molecule has 0 aliphatic rings. The molecule has 0 aliphatic carbocycles. The molecule has 4 nitrogen and oxygen atoms in total. The minimum absolute atomic E-state index is 0.120. The molecule has 0 saturated heterocycles. The Balaban J connectivity index is 3.72. The summed E-state index contributed by atoms with van der Waals surface area (Å²) in [7, 11) is 0. The number of nitrogens with zero attached hydrogens (tertiary/aromatic N) is 1. The second-order valence-electron chi connectivity index (χ2n) is 3.13. The first-order valence-electron chi connectivity index (χ1n) is 4.21. The number of Topliss-reactive ketones (excluding diaryl/α,β-unsaturated/α-hetero) is 1. The van der Waals surface area contributed by atoms with Crippen molar-refractivity contribution in [2.75, 3.05) is 0 Å². The monoisotopic (exact) mass is 359 g/mol. The summed E-state index contributed by atoms with van der Waals surface area (Å²) in [5.74, 6) is -0.771. The lowest BCUT2D eigenvalue weighted by molar-refractivity contribution is -0.388. The number of halogens is 4. The van der Waals surface area contributed by atoms with Gasteiger partial charge in [0.15, 0.2) is 5.78 Å². The quantitative estimate of drug-likeness (QED) is 0.352. The number of ketones is 1. The summed E-state index contributed by atoms with van der Waals surface area (Å²) in [5.41, 5.74) is -3.10. The normalized spacial score (nSPS) is 11.4. The van der Waals surface area contributed by atoms with Crippen LogP contribution < -0.4 is 0 Å². The highest BCUT2D eigenvalue weighted by Gasteiger charge is 2.41. The average Bonchev–Trinajstić information content (AvgIpc) is 2.14. The number of carbonyl (C=O) groups is 1. The van der Waals surface area contributed by atoms with Crippen LogP contribution >= 0.6 is 22.6 Å². The highest BCUT2D eigenvalue weighted by Crippen LogP contribution is 2.39. The third kappa shape index (κ3) is 2.73. The van der Waals surface area contributed by atoms with Gasteiger partial charge in [-0.1, -0.05) is 0 Å². The topological polar surface area (TPSA) is 60.2 Å². The Morgan fingerprint density at radius 1 is 1.41 bits per heavy atom. The van der Waals surface area contributed by atoms with Gasteiger partial charge < -0.3 is 0 Å². The zero-order valence-corrected chi connectivity index (χ0v) is 10.5. The number of benzene rings is 1. The number of rotatable bonds is 2. The molecule has 0 aliphatic heterocycles. The maximum Gasteiger partial charge on any atom is 0.423 e. The molecule has 1 rings (SSSR count). The minimum atomic E-state index is -4.86. The highest BCUT2D eigenvalue weighted by molar-refractivity contribution is 14.1. The van der Waals surface area contributed by atoms with Gasteiger partial charge in [-0.2, -0.15) is 13.2 Å². The summed E-state index contributed by atoms with van der Waals surface area (Å²) >= 11 is 1.59. The maximum atomic E-state index is 12.6. The molecule has 17 heavy (non-hydrogen) atoms. The lowest BCUT2D eigenvalue weighted by Gasteiger charge is -2.10. The molecule has 0 amide bonds. The van der Waals surface area contributed by atoms with Crippen molar-refractivity contribution in [3.8, 4) is 0 Å². The Morgan fingerprint density at radius 2 is 1.94 bits per heavy atom. The van der Waals surface area contributed by atoms with Crippen molar-refractivity contribution in [2.45, 2.75) is 13.1 Å². The molecule has 0 radical (unpaired) electrons. The number of alkyl halides is 3. The van der Waals surface area contributed by atoms with E-state index in [1.165, 1.54) is 0 Å². The van der Waals surface area contributed by atoms with Crippen molar-refractivity contribution in [2.24, 2.45) is 0 Å². The molecule has 0 atom stereocenters. The van der Waals surface area contributed by atoms with E-state index in [9.17, 15) is 28.1 Å². The lowest BCUT2D eigenvalue weighted by Crippen LogP contribution is -2.13. The molecule has 92 valence electrons. The van der Waals surface area contributed by atoms with Gasteiger partial charge in [0.1, 0.15) is 11.1 Å². The van der Waals surface area contributed by atoms with Gasteiger partial charge in [-0.05, 0) is 41.6 Å². The number of nitro groups is 1. The molecule has 0 fully saturated rings. The van der Waals surface area contributed by atoms with Crippen molar-refractivity contribution >= 4 is 34.1 Å². The molecule has 0 N–H and O–H groups in total. The van der Waals surface area contributed by atoms with Crippen molar-refractivity contribution in [1.82, 2.24) is 0 Å². The summed E-state index contributed by atoms with van der Waals surface area (Å²) < 4.78 is 37.8. The first kappa shape index (κ1) is 13.9. The lowest BCUT2D eigenvalue weighted by atomic mass is 10.0. The molecule has 0 spiro atoms. The summed E-state index contributed by atoms with van der Waals surface area (Å²) in [6, 6.07) is 1.64. The molecule has 0 heterocycles. The molecule has 0 aromatic heterocycles. The van der Waals surface area contributed by atoms with E-state index in [2.05, 4.69) is 0 Å². The second kappa shape index (κ2) is 4.59. The summed E-state index contributed by atoms with van der Waals surface area (Å²) in [6.45, 7) is 0.991. The predicted molar refractivity (Wildman–Crippen MR) is 60.8 cm³/mol. The van der Waals surface area contributed by atoms with Crippen molar-refractivity contribution in [3.63, 3.8) is 0 Å². The highest BCUT2D eigenvalue weighted by atomic mass is 127. The molecule has 8 heteroatoms. The standard InChI is InChI=1S/C9H5F3INO3/c1-4(15)7-6(13)3-2-5(9(10,11)12)8(7)14(16)17/h2-3H,1H3. The van der Waals surface area contributed by atoms with E-state index in [4.69, 9.17) is 0 Å². The zero-order chi connectivity index (χ0) is 13.4. The Bertz CT molecular complexity index is 499. The van der Waals surface area contributed by atoms with Crippen LogP contribution in [0.4, 0.5) is 18.9 Å².